The van der Waals surface area contributed by atoms with Gasteiger partial charge in [0.1, 0.15) is 0 Å². The lowest BCUT2D eigenvalue weighted by atomic mass is 10.1. The highest BCUT2D eigenvalue weighted by Crippen LogP contribution is 2.19. The van der Waals surface area contributed by atoms with Gasteiger partial charge < -0.3 is 11.1 Å². The van der Waals surface area contributed by atoms with Gasteiger partial charge in [0.2, 0.25) is 0 Å². The molecule has 2 amide bonds. The molecule has 0 saturated heterocycles. The van der Waals surface area contributed by atoms with Crippen molar-refractivity contribution in [3.8, 4) is 0 Å². The van der Waals surface area contributed by atoms with Gasteiger partial charge in [-0.1, -0.05) is 30.3 Å². The van der Waals surface area contributed by atoms with E-state index < -0.39 is 5.91 Å². The first-order chi connectivity index (χ1) is 11.1. The first-order valence-corrected chi connectivity index (χ1v) is 7.16. The molecule has 0 unspecified atom stereocenters. The number of amides is 2. The Bertz CT molecular complexity index is 881. The Morgan fingerprint density at radius 3 is 2.48 bits per heavy atom. The maximum Gasteiger partial charge on any atom is 0.269 e. The van der Waals surface area contributed by atoms with Crippen LogP contribution in [0.5, 0.6) is 0 Å². The van der Waals surface area contributed by atoms with Crippen molar-refractivity contribution in [1.29, 1.82) is 0 Å². The van der Waals surface area contributed by atoms with Gasteiger partial charge in [0.15, 0.2) is 5.69 Å². The number of nitrogens with two attached hydrogens (primary N) is 1. The number of aromatic nitrogens is 2. The van der Waals surface area contributed by atoms with Crippen molar-refractivity contribution in [2.24, 2.45) is 5.73 Å². The lowest BCUT2D eigenvalue weighted by molar-refractivity contribution is 0.0961. The van der Waals surface area contributed by atoms with E-state index in [1.54, 1.807) is 23.9 Å². The molecule has 0 spiro atoms. The molecule has 3 rings (SSSR count). The second-order valence-electron chi connectivity index (χ2n) is 5.16. The van der Waals surface area contributed by atoms with Crippen LogP contribution >= 0.6 is 0 Å². The van der Waals surface area contributed by atoms with Gasteiger partial charge in [0.25, 0.3) is 11.8 Å². The van der Waals surface area contributed by atoms with Crippen molar-refractivity contribution in [2.75, 3.05) is 7.05 Å². The zero-order chi connectivity index (χ0) is 16.4. The molecule has 1 heterocycles. The molecule has 0 aliphatic carbocycles. The van der Waals surface area contributed by atoms with Gasteiger partial charge in [-0.2, -0.15) is 5.10 Å². The molecule has 2 aromatic carbocycles. The number of hydrogen-bond donors (Lipinski definition) is 2. The van der Waals surface area contributed by atoms with Crippen molar-refractivity contribution >= 4 is 22.7 Å². The molecule has 6 nitrogen and oxygen atoms in total. The molecule has 0 aliphatic rings. The third kappa shape index (κ3) is 2.78. The van der Waals surface area contributed by atoms with E-state index in [1.165, 1.54) is 0 Å². The first kappa shape index (κ1) is 14.8. The third-order valence-electron chi connectivity index (χ3n) is 3.67. The quantitative estimate of drug-likeness (QED) is 0.766. The van der Waals surface area contributed by atoms with Crippen LogP contribution in [-0.4, -0.2) is 28.6 Å². The summed E-state index contributed by atoms with van der Waals surface area (Å²) in [4.78, 5) is 23.1. The molecule has 0 radical (unpaired) electrons. The fourth-order valence-electron chi connectivity index (χ4n) is 2.51. The Balaban J connectivity index is 1.95. The van der Waals surface area contributed by atoms with E-state index in [0.29, 0.717) is 12.1 Å². The van der Waals surface area contributed by atoms with E-state index in [4.69, 9.17) is 5.73 Å². The van der Waals surface area contributed by atoms with Crippen LogP contribution in [0, 0.1) is 0 Å². The number of nitrogens with one attached hydrogen (secondary N) is 1. The van der Waals surface area contributed by atoms with E-state index in [2.05, 4.69) is 10.4 Å². The lowest BCUT2D eigenvalue weighted by Crippen LogP contribution is -2.17. The monoisotopic (exact) mass is 308 g/mol. The third-order valence-corrected chi connectivity index (χ3v) is 3.67. The number of carbonyl (C=O) groups excluding carboxylic acids is 2. The fourth-order valence-corrected chi connectivity index (χ4v) is 2.51. The minimum absolute atomic E-state index is 0.128. The van der Waals surface area contributed by atoms with E-state index in [0.717, 1.165) is 16.5 Å². The van der Waals surface area contributed by atoms with Crippen molar-refractivity contribution in [1.82, 2.24) is 15.1 Å². The second-order valence-corrected chi connectivity index (χ2v) is 5.16. The summed E-state index contributed by atoms with van der Waals surface area (Å²) < 4.78 is 1.74. The summed E-state index contributed by atoms with van der Waals surface area (Å²) in [6.45, 7) is 0.488. The molecule has 3 N–H and O–H groups in total. The zero-order valence-corrected chi connectivity index (χ0v) is 12.6. The first-order valence-electron chi connectivity index (χ1n) is 7.16. The van der Waals surface area contributed by atoms with Crippen LogP contribution in [-0.2, 0) is 6.54 Å². The standard InChI is InChI=1S/C17H16N4O2/c1-19-17(23)12-8-6-11(7-9-12)10-21-14-5-3-2-4-13(14)15(20-21)16(18)22/h2-9H,10H2,1H3,(H2,18,22)(H,19,23). The lowest BCUT2D eigenvalue weighted by Gasteiger charge is -2.05. The molecule has 1 aromatic heterocycles. The summed E-state index contributed by atoms with van der Waals surface area (Å²) in [7, 11) is 1.59. The van der Waals surface area contributed by atoms with Gasteiger partial charge >= 0.3 is 0 Å². The van der Waals surface area contributed by atoms with Crippen molar-refractivity contribution < 1.29 is 9.59 Å². The van der Waals surface area contributed by atoms with Gasteiger partial charge in [-0.05, 0) is 23.8 Å². The molecule has 6 heteroatoms. The normalized spacial score (nSPS) is 10.7. The van der Waals surface area contributed by atoms with Crippen LogP contribution < -0.4 is 11.1 Å². The zero-order valence-electron chi connectivity index (χ0n) is 12.6. The van der Waals surface area contributed by atoms with Crippen LogP contribution in [0.1, 0.15) is 26.4 Å². The SMILES string of the molecule is CNC(=O)c1ccc(Cn2nc(C(N)=O)c3ccccc32)cc1. The van der Waals surface area contributed by atoms with E-state index in [-0.39, 0.29) is 11.6 Å². The smallest absolute Gasteiger partial charge is 0.269 e. The number of fused-ring (bicyclic) bond motifs is 1. The fraction of sp³-hybridized carbons (Fsp3) is 0.118. The van der Waals surface area contributed by atoms with Crippen LogP contribution in [0.3, 0.4) is 0 Å². The Kier molecular flexibility index (Phi) is 3.80. The molecule has 116 valence electrons. The molecular weight excluding hydrogens is 292 g/mol. The minimum Gasteiger partial charge on any atom is -0.364 e. The van der Waals surface area contributed by atoms with Crippen molar-refractivity contribution in [2.45, 2.75) is 6.54 Å². The molecule has 0 aliphatic heterocycles. The predicted molar refractivity (Wildman–Crippen MR) is 87.2 cm³/mol. The average molecular weight is 308 g/mol. The predicted octanol–water partition coefficient (Wildman–Crippen LogP) is 1.54. The maximum absolute atomic E-state index is 11.6. The number of para-hydroxylation sites is 1. The minimum atomic E-state index is -0.546. The van der Waals surface area contributed by atoms with Crippen LogP contribution in [0.15, 0.2) is 48.5 Å². The van der Waals surface area contributed by atoms with Crippen LogP contribution in [0.2, 0.25) is 0 Å². The second kappa shape index (κ2) is 5.92. The van der Waals surface area contributed by atoms with Gasteiger partial charge in [0, 0.05) is 18.0 Å². The van der Waals surface area contributed by atoms with Gasteiger partial charge in [-0.3, -0.25) is 14.3 Å². The maximum atomic E-state index is 11.6. The Labute approximate surface area is 132 Å². The molecule has 0 atom stereocenters. The number of benzene rings is 2. The van der Waals surface area contributed by atoms with E-state index >= 15 is 0 Å². The molecule has 0 saturated carbocycles. The van der Waals surface area contributed by atoms with Gasteiger partial charge in [-0.25, -0.2) is 0 Å². The number of rotatable bonds is 4. The topological polar surface area (TPSA) is 90.0 Å². The Hall–Kier alpha value is -3.15. The highest BCUT2D eigenvalue weighted by Gasteiger charge is 2.14. The van der Waals surface area contributed by atoms with Gasteiger partial charge in [0.05, 0.1) is 12.1 Å². The molecule has 0 bridgehead atoms. The number of hydrogen-bond acceptors (Lipinski definition) is 3. The van der Waals surface area contributed by atoms with Gasteiger partial charge in [-0.15, -0.1) is 0 Å². The Morgan fingerprint density at radius 2 is 1.83 bits per heavy atom. The molecule has 23 heavy (non-hydrogen) atoms. The number of carbonyl (C=O) groups is 2. The summed E-state index contributed by atoms with van der Waals surface area (Å²) >= 11 is 0. The highest BCUT2D eigenvalue weighted by molar-refractivity contribution is 6.04. The summed E-state index contributed by atoms with van der Waals surface area (Å²) in [5.74, 6) is -0.674. The molecule has 3 aromatic rings. The molecule has 0 fully saturated rings. The highest BCUT2D eigenvalue weighted by atomic mass is 16.2. The summed E-state index contributed by atoms with van der Waals surface area (Å²) in [5, 5.41) is 7.64. The van der Waals surface area contributed by atoms with Crippen molar-refractivity contribution in [3.05, 3.63) is 65.4 Å². The number of primary amides is 1. The molecular formula is C17H16N4O2. The Morgan fingerprint density at radius 1 is 1.13 bits per heavy atom. The number of nitrogens with zero attached hydrogens (tertiary/aromatic N) is 2. The van der Waals surface area contributed by atoms with E-state index in [9.17, 15) is 9.59 Å². The summed E-state index contributed by atoms with van der Waals surface area (Å²) in [6.07, 6.45) is 0. The van der Waals surface area contributed by atoms with Crippen molar-refractivity contribution in [3.63, 3.8) is 0 Å². The van der Waals surface area contributed by atoms with Crippen LogP contribution in [0.25, 0.3) is 10.9 Å². The van der Waals surface area contributed by atoms with Crippen LogP contribution in [0.4, 0.5) is 0 Å². The summed E-state index contributed by atoms with van der Waals surface area (Å²) in [6, 6.07) is 14.7. The van der Waals surface area contributed by atoms with E-state index in [1.807, 2.05) is 36.4 Å². The average Bonchev–Trinajstić information content (AvgIpc) is 2.94. The largest absolute Gasteiger partial charge is 0.364 e. The summed E-state index contributed by atoms with van der Waals surface area (Å²) in [5.41, 5.74) is 8.08.